The molecule has 10 heteroatoms. The van der Waals surface area contributed by atoms with Crippen molar-refractivity contribution < 1.29 is 18.0 Å². The minimum absolute atomic E-state index is 0.109. The van der Waals surface area contributed by atoms with E-state index in [0.29, 0.717) is 12.1 Å². The van der Waals surface area contributed by atoms with Gasteiger partial charge < -0.3 is 10.2 Å². The summed E-state index contributed by atoms with van der Waals surface area (Å²) < 4.78 is 37.4. The van der Waals surface area contributed by atoms with Gasteiger partial charge in [-0.15, -0.1) is 11.3 Å². The molecule has 22 heavy (non-hydrogen) atoms. The van der Waals surface area contributed by atoms with Crippen LogP contribution in [0.5, 0.6) is 0 Å². The quantitative estimate of drug-likeness (QED) is 0.913. The molecular formula is C12H14F3N5OS. The summed E-state index contributed by atoms with van der Waals surface area (Å²) in [5.74, 6) is 0. The van der Waals surface area contributed by atoms with Gasteiger partial charge in [0.05, 0.1) is 23.9 Å². The maximum Gasteiger partial charge on any atom is 0.408 e. The SMILES string of the molecule is CN(Cc1cscn1)C(=O)NCc1cnn(CC(F)(F)F)c1. The highest BCUT2D eigenvalue weighted by molar-refractivity contribution is 7.07. The lowest BCUT2D eigenvalue weighted by Gasteiger charge is -2.16. The van der Waals surface area contributed by atoms with E-state index in [0.717, 1.165) is 10.4 Å². The molecule has 0 radical (unpaired) electrons. The second kappa shape index (κ2) is 6.77. The molecule has 0 fully saturated rings. The highest BCUT2D eigenvalue weighted by atomic mass is 32.1. The summed E-state index contributed by atoms with van der Waals surface area (Å²) in [4.78, 5) is 17.4. The molecule has 0 aliphatic heterocycles. The first kappa shape index (κ1) is 16.3. The van der Waals surface area contributed by atoms with E-state index in [1.165, 1.54) is 28.6 Å². The molecule has 0 unspecified atom stereocenters. The second-order valence-corrected chi connectivity index (χ2v) is 5.37. The number of carbonyl (C=O) groups is 1. The average Bonchev–Trinajstić information content (AvgIpc) is 3.06. The van der Waals surface area contributed by atoms with Gasteiger partial charge >= 0.3 is 12.2 Å². The molecule has 0 aliphatic carbocycles. The molecule has 6 nitrogen and oxygen atoms in total. The number of aromatic nitrogens is 3. The minimum atomic E-state index is -4.32. The predicted molar refractivity (Wildman–Crippen MR) is 74.1 cm³/mol. The van der Waals surface area contributed by atoms with Crippen LogP contribution in [0.15, 0.2) is 23.3 Å². The van der Waals surface area contributed by atoms with Crippen LogP contribution in [0.2, 0.25) is 0 Å². The van der Waals surface area contributed by atoms with Gasteiger partial charge in [-0.25, -0.2) is 9.78 Å². The van der Waals surface area contributed by atoms with Gasteiger partial charge in [0, 0.05) is 30.7 Å². The zero-order valence-corrected chi connectivity index (χ0v) is 12.5. The van der Waals surface area contributed by atoms with Gasteiger partial charge in [-0.2, -0.15) is 18.3 Å². The summed E-state index contributed by atoms with van der Waals surface area (Å²) in [7, 11) is 1.61. The molecule has 2 heterocycles. The maximum absolute atomic E-state index is 12.2. The van der Waals surface area contributed by atoms with Crippen LogP contribution in [0, 0.1) is 0 Å². The summed E-state index contributed by atoms with van der Waals surface area (Å²) in [5.41, 5.74) is 2.95. The van der Waals surface area contributed by atoms with Crippen molar-refractivity contribution in [3.05, 3.63) is 34.5 Å². The molecule has 2 rings (SSSR count). The lowest BCUT2D eigenvalue weighted by molar-refractivity contribution is -0.142. The van der Waals surface area contributed by atoms with Crippen molar-refractivity contribution in [3.8, 4) is 0 Å². The number of amides is 2. The van der Waals surface area contributed by atoms with Crippen LogP contribution in [0.1, 0.15) is 11.3 Å². The molecule has 0 bridgehead atoms. The smallest absolute Gasteiger partial charge is 0.334 e. The summed E-state index contributed by atoms with van der Waals surface area (Å²) in [5, 5.41) is 8.06. The third-order valence-electron chi connectivity index (χ3n) is 2.70. The van der Waals surface area contributed by atoms with Gasteiger partial charge in [-0.1, -0.05) is 0 Å². The van der Waals surface area contributed by atoms with Crippen LogP contribution in [0.25, 0.3) is 0 Å². The Morgan fingerprint density at radius 1 is 1.50 bits per heavy atom. The van der Waals surface area contributed by atoms with E-state index in [2.05, 4.69) is 15.4 Å². The van der Waals surface area contributed by atoms with Gasteiger partial charge in [-0.3, -0.25) is 4.68 Å². The van der Waals surface area contributed by atoms with Crippen molar-refractivity contribution in [2.75, 3.05) is 7.05 Å². The fraction of sp³-hybridized carbons (Fsp3) is 0.417. The monoisotopic (exact) mass is 333 g/mol. The molecule has 1 N–H and O–H groups in total. The van der Waals surface area contributed by atoms with Crippen LogP contribution in [-0.4, -0.2) is 38.9 Å². The number of hydrogen-bond acceptors (Lipinski definition) is 4. The van der Waals surface area contributed by atoms with Crippen molar-refractivity contribution in [1.29, 1.82) is 0 Å². The Bertz CT molecular complexity index is 611. The van der Waals surface area contributed by atoms with E-state index in [9.17, 15) is 18.0 Å². The Hall–Kier alpha value is -2.10. The Kier molecular flexibility index (Phi) is 5.01. The maximum atomic E-state index is 12.2. The van der Waals surface area contributed by atoms with E-state index in [-0.39, 0.29) is 12.6 Å². The first-order valence-electron chi connectivity index (χ1n) is 6.27. The Morgan fingerprint density at radius 3 is 2.91 bits per heavy atom. The first-order valence-corrected chi connectivity index (χ1v) is 7.22. The Morgan fingerprint density at radius 2 is 2.27 bits per heavy atom. The number of nitrogens with zero attached hydrogens (tertiary/aromatic N) is 4. The van der Waals surface area contributed by atoms with Crippen LogP contribution in [0.3, 0.4) is 0 Å². The standard InChI is InChI=1S/C12H14F3N5OS/c1-19(5-10-6-22-8-17-10)11(21)16-2-9-3-18-20(4-9)7-12(13,14)15/h3-4,6,8H,2,5,7H2,1H3,(H,16,21). The first-order chi connectivity index (χ1) is 10.3. The fourth-order valence-corrected chi connectivity index (χ4v) is 2.26. The summed E-state index contributed by atoms with van der Waals surface area (Å²) in [6, 6.07) is -0.337. The number of thiazole rings is 1. The fourth-order valence-electron chi connectivity index (χ4n) is 1.71. The highest BCUT2D eigenvalue weighted by Gasteiger charge is 2.28. The van der Waals surface area contributed by atoms with Crippen LogP contribution < -0.4 is 5.32 Å². The zero-order chi connectivity index (χ0) is 16.2. The van der Waals surface area contributed by atoms with Crippen LogP contribution in [0.4, 0.5) is 18.0 Å². The lowest BCUT2D eigenvalue weighted by atomic mass is 10.3. The van der Waals surface area contributed by atoms with Gasteiger partial charge in [0.2, 0.25) is 0 Å². The minimum Gasteiger partial charge on any atom is -0.334 e. The predicted octanol–water partition coefficient (Wildman–Crippen LogP) is 2.24. The molecule has 0 saturated heterocycles. The van der Waals surface area contributed by atoms with Crippen molar-refractivity contribution in [2.24, 2.45) is 0 Å². The molecule has 0 aromatic carbocycles. The zero-order valence-electron chi connectivity index (χ0n) is 11.7. The Labute approximate surface area is 128 Å². The lowest BCUT2D eigenvalue weighted by Crippen LogP contribution is -2.36. The number of hydrogen-bond donors (Lipinski definition) is 1. The Balaban J connectivity index is 1.81. The van der Waals surface area contributed by atoms with Gasteiger partial charge in [-0.05, 0) is 0 Å². The largest absolute Gasteiger partial charge is 0.408 e. The molecule has 120 valence electrons. The average molecular weight is 333 g/mol. The molecule has 0 atom stereocenters. The molecule has 0 spiro atoms. The molecule has 0 saturated carbocycles. The number of urea groups is 1. The summed E-state index contributed by atoms with van der Waals surface area (Å²) >= 11 is 1.44. The number of carbonyl (C=O) groups excluding carboxylic acids is 1. The van der Waals surface area contributed by atoms with E-state index >= 15 is 0 Å². The van der Waals surface area contributed by atoms with E-state index < -0.39 is 12.7 Å². The van der Waals surface area contributed by atoms with Crippen molar-refractivity contribution in [2.45, 2.75) is 25.8 Å². The normalized spacial score (nSPS) is 11.5. The molecule has 2 aromatic rings. The van der Waals surface area contributed by atoms with E-state index in [1.54, 1.807) is 12.6 Å². The van der Waals surface area contributed by atoms with Crippen molar-refractivity contribution in [3.63, 3.8) is 0 Å². The van der Waals surface area contributed by atoms with E-state index in [1.807, 2.05) is 5.38 Å². The van der Waals surface area contributed by atoms with Crippen LogP contribution in [-0.2, 0) is 19.6 Å². The topological polar surface area (TPSA) is 63.1 Å². The van der Waals surface area contributed by atoms with E-state index in [4.69, 9.17) is 0 Å². The number of rotatable bonds is 5. The number of alkyl halides is 3. The molecule has 0 aliphatic rings. The molecule has 2 amide bonds. The summed E-state index contributed by atoms with van der Waals surface area (Å²) in [6.07, 6.45) is -1.76. The third kappa shape index (κ3) is 5.02. The van der Waals surface area contributed by atoms with Gasteiger partial charge in [0.1, 0.15) is 6.54 Å². The number of halogens is 3. The van der Waals surface area contributed by atoms with Crippen molar-refractivity contribution in [1.82, 2.24) is 25.0 Å². The molecule has 2 aromatic heterocycles. The van der Waals surface area contributed by atoms with Gasteiger partial charge in [0.25, 0.3) is 0 Å². The van der Waals surface area contributed by atoms with Crippen LogP contribution >= 0.6 is 11.3 Å². The van der Waals surface area contributed by atoms with Gasteiger partial charge in [0.15, 0.2) is 0 Å². The third-order valence-corrected chi connectivity index (χ3v) is 3.34. The summed E-state index contributed by atoms with van der Waals surface area (Å²) in [6.45, 7) is -0.675. The van der Waals surface area contributed by atoms with Crippen molar-refractivity contribution >= 4 is 17.4 Å². The number of nitrogens with one attached hydrogen (secondary N) is 1. The second-order valence-electron chi connectivity index (χ2n) is 4.66. The molecular weight excluding hydrogens is 319 g/mol. The highest BCUT2D eigenvalue weighted by Crippen LogP contribution is 2.17.